The van der Waals surface area contributed by atoms with Gasteiger partial charge in [-0.1, -0.05) is 26.8 Å². The molecule has 144 valence electrons. The number of hydrogen-bond acceptors (Lipinski definition) is 3. The first kappa shape index (κ1) is 20.3. The van der Waals surface area contributed by atoms with Crippen molar-refractivity contribution in [2.45, 2.75) is 52.6 Å². The summed E-state index contributed by atoms with van der Waals surface area (Å²) in [7, 11) is 0. The molecule has 0 aromatic heterocycles. The van der Waals surface area contributed by atoms with E-state index >= 15 is 0 Å². The minimum absolute atomic E-state index is 0.0126. The van der Waals surface area contributed by atoms with Crippen molar-refractivity contribution < 1.29 is 27.9 Å². The number of hydrogen-bond donors (Lipinski definition) is 1. The highest BCUT2D eigenvalue weighted by molar-refractivity contribution is 5.94. The van der Waals surface area contributed by atoms with Crippen LogP contribution in [0, 0.1) is 16.7 Å². The highest BCUT2D eigenvalue weighted by Gasteiger charge is 2.45. The molecule has 2 rings (SSSR count). The monoisotopic (exact) mass is 370 g/mol. The van der Waals surface area contributed by atoms with Gasteiger partial charge in [0.25, 0.3) is 0 Å². The van der Waals surface area contributed by atoms with Crippen molar-refractivity contribution in [3.05, 3.63) is 29.8 Å². The molecule has 1 saturated carbocycles. The number of halogens is 3. The first-order valence-electron chi connectivity index (χ1n) is 8.52. The molecule has 0 saturated heterocycles. The molecular weight excluding hydrogens is 347 g/mol. The Morgan fingerprint density at radius 2 is 1.92 bits per heavy atom. The van der Waals surface area contributed by atoms with Crippen molar-refractivity contribution in [3.8, 4) is 0 Å². The lowest BCUT2D eigenvalue weighted by molar-refractivity contribution is -0.323. The zero-order valence-corrected chi connectivity index (χ0v) is 15.1. The van der Waals surface area contributed by atoms with E-state index in [0.717, 1.165) is 18.6 Å². The molecule has 0 aliphatic heterocycles. The molecule has 0 bridgehead atoms. The Morgan fingerprint density at radius 1 is 1.27 bits per heavy atom. The maximum Gasteiger partial charge on any atom is 0.416 e. The van der Waals surface area contributed by atoms with Gasteiger partial charge in [0.2, 0.25) is 5.91 Å². The second kappa shape index (κ2) is 6.93. The highest BCUT2D eigenvalue weighted by atomic mass is 19.4. The lowest BCUT2D eigenvalue weighted by Gasteiger charge is -2.48. The van der Waals surface area contributed by atoms with Gasteiger partial charge in [-0.15, -0.1) is 0 Å². The van der Waals surface area contributed by atoms with Crippen LogP contribution < -0.4 is 10.4 Å². The van der Waals surface area contributed by atoms with Crippen molar-refractivity contribution in [2.75, 3.05) is 5.32 Å². The predicted octanol–water partition coefficient (Wildman–Crippen LogP) is 3.62. The number of carboxylic acid groups (broad SMARTS) is 1. The lowest BCUT2D eigenvalue weighted by Crippen LogP contribution is -2.50. The number of carbonyl (C=O) groups excluding carboxylic acids is 2. The molecular formula is C19H23F3NO3-. The first-order valence-corrected chi connectivity index (χ1v) is 8.52. The molecule has 4 nitrogen and oxygen atoms in total. The Labute approximate surface area is 150 Å². The first-order chi connectivity index (χ1) is 11.8. The molecule has 0 spiro atoms. The van der Waals surface area contributed by atoms with E-state index in [1.54, 1.807) is 0 Å². The summed E-state index contributed by atoms with van der Waals surface area (Å²) in [6.07, 6.45) is -3.39. The van der Waals surface area contributed by atoms with Crippen molar-refractivity contribution in [2.24, 2.45) is 16.7 Å². The van der Waals surface area contributed by atoms with Gasteiger partial charge in [0.1, 0.15) is 0 Å². The number of carboxylic acids is 1. The average molecular weight is 370 g/mol. The summed E-state index contributed by atoms with van der Waals surface area (Å²) in [5.74, 6) is -1.80. The fraction of sp³-hybridized carbons (Fsp3) is 0.579. The molecule has 26 heavy (non-hydrogen) atoms. The van der Waals surface area contributed by atoms with Gasteiger partial charge in [0, 0.05) is 23.5 Å². The Hall–Kier alpha value is -2.05. The summed E-state index contributed by atoms with van der Waals surface area (Å²) in [6.45, 7) is 5.83. The SMILES string of the molecule is C[C@H]1CC(C)(C)C[C@@](CC(=O)Nc2cccc(C(F)(F)F)c2)(C(=O)[O-])C1. The van der Waals surface area contributed by atoms with E-state index in [2.05, 4.69) is 5.32 Å². The second-order valence-electron chi connectivity index (χ2n) is 8.23. The quantitative estimate of drug-likeness (QED) is 0.880. The van der Waals surface area contributed by atoms with Gasteiger partial charge in [0.15, 0.2) is 0 Å². The number of amides is 1. The van der Waals surface area contributed by atoms with Gasteiger partial charge in [0.05, 0.1) is 5.56 Å². The molecule has 0 heterocycles. The van der Waals surface area contributed by atoms with E-state index in [4.69, 9.17) is 0 Å². The van der Waals surface area contributed by atoms with Crippen LogP contribution in [0.25, 0.3) is 0 Å². The third-order valence-electron chi connectivity index (χ3n) is 4.86. The van der Waals surface area contributed by atoms with Gasteiger partial charge < -0.3 is 15.2 Å². The normalized spacial score (nSPS) is 25.5. The van der Waals surface area contributed by atoms with Crippen molar-refractivity contribution in [1.82, 2.24) is 0 Å². The highest BCUT2D eigenvalue weighted by Crippen LogP contribution is 2.50. The number of carbonyl (C=O) groups is 2. The van der Waals surface area contributed by atoms with Gasteiger partial charge >= 0.3 is 6.18 Å². The van der Waals surface area contributed by atoms with Gasteiger partial charge in [-0.3, -0.25) is 4.79 Å². The summed E-state index contributed by atoms with van der Waals surface area (Å²) in [5, 5.41) is 14.2. The molecule has 2 atom stereocenters. The van der Waals surface area contributed by atoms with E-state index in [0.29, 0.717) is 12.8 Å². The summed E-state index contributed by atoms with van der Waals surface area (Å²) in [5.41, 5.74) is -2.46. The summed E-state index contributed by atoms with van der Waals surface area (Å²) < 4.78 is 38.3. The fourth-order valence-corrected chi connectivity index (χ4v) is 4.39. The Bertz CT molecular complexity index is 700. The number of benzene rings is 1. The fourth-order valence-electron chi connectivity index (χ4n) is 4.39. The Morgan fingerprint density at radius 3 is 2.46 bits per heavy atom. The number of rotatable bonds is 4. The molecule has 1 aromatic rings. The molecule has 1 fully saturated rings. The van der Waals surface area contributed by atoms with Crippen LogP contribution in [0.5, 0.6) is 0 Å². The standard InChI is InChI=1S/C19H24F3NO3/c1-12-8-17(2,3)11-18(9-12,16(25)26)10-15(24)23-14-6-4-5-13(7-14)19(20,21)22/h4-7,12H,8-11H2,1-3H3,(H,23,24)(H,25,26)/p-1/t12-,18+/m0/s1. The molecule has 1 aliphatic rings. The second-order valence-corrected chi connectivity index (χ2v) is 8.23. The molecule has 0 radical (unpaired) electrons. The lowest BCUT2D eigenvalue weighted by atomic mass is 9.59. The predicted molar refractivity (Wildman–Crippen MR) is 88.9 cm³/mol. The Balaban J connectivity index is 2.18. The third-order valence-corrected chi connectivity index (χ3v) is 4.86. The number of nitrogens with one attached hydrogen (secondary N) is 1. The van der Waals surface area contributed by atoms with Gasteiger partial charge in [-0.2, -0.15) is 13.2 Å². The van der Waals surface area contributed by atoms with Crippen LogP contribution in [0.1, 0.15) is 52.0 Å². The van der Waals surface area contributed by atoms with Crippen LogP contribution in [0.4, 0.5) is 18.9 Å². The minimum Gasteiger partial charge on any atom is -0.550 e. The van der Waals surface area contributed by atoms with Gasteiger partial charge in [-0.05, 0) is 48.8 Å². The topological polar surface area (TPSA) is 69.2 Å². The molecule has 1 aromatic carbocycles. The average Bonchev–Trinajstić information content (AvgIpc) is 2.43. The maximum absolute atomic E-state index is 12.8. The summed E-state index contributed by atoms with van der Waals surface area (Å²) in [6, 6.07) is 4.27. The molecule has 1 aliphatic carbocycles. The van der Waals surface area contributed by atoms with E-state index in [1.807, 2.05) is 20.8 Å². The minimum atomic E-state index is -4.52. The number of anilines is 1. The van der Waals surface area contributed by atoms with E-state index in [1.165, 1.54) is 12.1 Å². The van der Waals surface area contributed by atoms with Crippen molar-refractivity contribution in [1.29, 1.82) is 0 Å². The van der Waals surface area contributed by atoms with Crippen LogP contribution in [0.3, 0.4) is 0 Å². The van der Waals surface area contributed by atoms with Gasteiger partial charge in [-0.25, -0.2) is 0 Å². The molecule has 1 amide bonds. The third kappa shape index (κ3) is 4.77. The smallest absolute Gasteiger partial charge is 0.416 e. The number of alkyl halides is 3. The summed E-state index contributed by atoms with van der Waals surface area (Å²) >= 11 is 0. The summed E-state index contributed by atoms with van der Waals surface area (Å²) in [4.78, 5) is 24.2. The van der Waals surface area contributed by atoms with Crippen LogP contribution in [-0.4, -0.2) is 11.9 Å². The molecule has 1 N–H and O–H groups in total. The molecule has 0 unspecified atom stereocenters. The van der Waals surface area contributed by atoms with Crippen LogP contribution in [0.2, 0.25) is 0 Å². The zero-order chi connectivity index (χ0) is 19.8. The van der Waals surface area contributed by atoms with Crippen molar-refractivity contribution in [3.63, 3.8) is 0 Å². The van der Waals surface area contributed by atoms with Crippen LogP contribution >= 0.6 is 0 Å². The number of aliphatic carboxylic acids is 1. The zero-order valence-electron chi connectivity index (χ0n) is 15.1. The van der Waals surface area contributed by atoms with Crippen LogP contribution in [-0.2, 0) is 15.8 Å². The largest absolute Gasteiger partial charge is 0.550 e. The van der Waals surface area contributed by atoms with E-state index in [-0.39, 0.29) is 23.4 Å². The Kier molecular flexibility index (Phi) is 5.40. The van der Waals surface area contributed by atoms with E-state index in [9.17, 15) is 27.9 Å². The molecule has 7 heteroatoms. The van der Waals surface area contributed by atoms with Crippen LogP contribution in [0.15, 0.2) is 24.3 Å². The maximum atomic E-state index is 12.8. The van der Waals surface area contributed by atoms with E-state index < -0.39 is 29.0 Å². The van der Waals surface area contributed by atoms with Crippen molar-refractivity contribution >= 4 is 17.6 Å².